The summed E-state index contributed by atoms with van der Waals surface area (Å²) in [5.41, 5.74) is 0.782. The number of benzene rings is 1. The highest BCUT2D eigenvalue weighted by Crippen LogP contribution is 2.30. The number of aromatic nitrogens is 1. The van der Waals surface area contributed by atoms with Crippen molar-refractivity contribution in [2.75, 3.05) is 0 Å². The van der Waals surface area contributed by atoms with Gasteiger partial charge in [-0.2, -0.15) is 4.72 Å². The van der Waals surface area contributed by atoms with Crippen molar-refractivity contribution in [3.8, 4) is 0 Å². The molecule has 2 N–H and O–H groups in total. The maximum absolute atomic E-state index is 13.0. The second kappa shape index (κ2) is 8.70. The van der Waals surface area contributed by atoms with Crippen LogP contribution in [0, 0.1) is 24.7 Å². The van der Waals surface area contributed by atoms with E-state index in [1.165, 1.54) is 17.8 Å². The van der Waals surface area contributed by atoms with Crippen LogP contribution in [0.3, 0.4) is 0 Å². The Balaban J connectivity index is 1.78. The van der Waals surface area contributed by atoms with Gasteiger partial charge in [0.05, 0.1) is 20.1 Å². The normalized spacial score (nSPS) is 24.0. The fourth-order valence-electron chi connectivity index (χ4n) is 3.97. The Bertz CT molecular complexity index is 984. The van der Waals surface area contributed by atoms with E-state index in [9.17, 15) is 13.2 Å². The molecular weight excluding hydrogens is 406 g/mol. The van der Waals surface area contributed by atoms with E-state index in [0.29, 0.717) is 11.8 Å². The van der Waals surface area contributed by atoms with Crippen LogP contribution in [0.1, 0.15) is 52.0 Å². The molecule has 4 unspecified atom stereocenters. The molecule has 29 heavy (non-hydrogen) atoms. The first-order valence-corrected chi connectivity index (χ1v) is 12.6. The number of nitrogens with one attached hydrogen (secondary N) is 2. The van der Waals surface area contributed by atoms with Crippen LogP contribution < -0.4 is 10.0 Å². The zero-order chi connectivity index (χ0) is 21.3. The Hall–Kier alpha value is -1.51. The highest BCUT2D eigenvalue weighted by Gasteiger charge is 2.33. The largest absolute Gasteiger partial charge is 0.352 e. The molecule has 2 aromatic rings. The summed E-state index contributed by atoms with van der Waals surface area (Å²) < 4.78 is 29.5. The number of carbonyl (C=O) groups is 1. The highest BCUT2D eigenvalue weighted by molar-refractivity contribution is 7.89. The van der Waals surface area contributed by atoms with Crippen molar-refractivity contribution in [1.29, 1.82) is 0 Å². The van der Waals surface area contributed by atoms with Crippen LogP contribution in [0.15, 0.2) is 23.1 Å². The first-order valence-electron chi connectivity index (χ1n) is 10.3. The Labute approximate surface area is 177 Å². The maximum atomic E-state index is 13.0. The first-order chi connectivity index (χ1) is 13.6. The highest BCUT2D eigenvalue weighted by atomic mass is 32.2. The molecule has 1 aromatic carbocycles. The SMILES string of the molecule is Cc1nc2ccc(S(=O)(=O)NC(C(=O)NC3CCCC(C)C3C)C(C)C)cc2s1. The van der Waals surface area contributed by atoms with E-state index in [1.54, 1.807) is 18.2 Å². The van der Waals surface area contributed by atoms with Gasteiger partial charge in [0.25, 0.3) is 0 Å². The summed E-state index contributed by atoms with van der Waals surface area (Å²) in [4.78, 5) is 17.5. The van der Waals surface area contributed by atoms with Crippen LogP contribution in [0.4, 0.5) is 0 Å². The van der Waals surface area contributed by atoms with Gasteiger partial charge in [-0.05, 0) is 49.3 Å². The summed E-state index contributed by atoms with van der Waals surface area (Å²) in [6, 6.07) is 4.16. The number of rotatable bonds is 6. The molecule has 1 heterocycles. The molecule has 1 amide bonds. The molecule has 0 aliphatic heterocycles. The molecule has 3 rings (SSSR count). The van der Waals surface area contributed by atoms with E-state index in [4.69, 9.17) is 0 Å². The predicted octanol–water partition coefficient (Wildman–Crippen LogP) is 3.85. The smallest absolute Gasteiger partial charge is 0.241 e. The molecule has 0 saturated heterocycles. The second-order valence-corrected chi connectivity index (χ2v) is 11.5. The number of nitrogens with zero attached hydrogens (tertiary/aromatic N) is 1. The molecule has 160 valence electrons. The summed E-state index contributed by atoms with van der Waals surface area (Å²) in [7, 11) is -3.83. The van der Waals surface area contributed by atoms with Crippen molar-refractivity contribution in [1.82, 2.24) is 15.0 Å². The summed E-state index contributed by atoms with van der Waals surface area (Å²) >= 11 is 1.45. The van der Waals surface area contributed by atoms with Crippen LogP contribution in [-0.4, -0.2) is 31.4 Å². The van der Waals surface area contributed by atoms with Gasteiger partial charge in [0.15, 0.2) is 0 Å². The molecule has 1 aliphatic rings. The molecule has 1 aliphatic carbocycles. The minimum Gasteiger partial charge on any atom is -0.352 e. The van der Waals surface area contributed by atoms with Gasteiger partial charge in [-0.15, -0.1) is 11.3 Å². The molecule has 0 spiro atoms. The second-order valence-electron chi connectivity index (χ2n) is 8.59. The number of aryl methyl sites for hydroxylation is 1. The lowest BCUT2D eigenvalue weighted by molar-refractivity contribution is -0.125. The lowest BCUT2D eigenvalue weighted by Gasteiger charge is -2.35. The fourth-order valence-corrected chi connectivity index (χ4v) is 6.28. The van der Waals surface area contributed by atoms with Crippen molar-refractivity contribution in [2.45, 2.75) is 70.9 Å². The van der Waals surface area contributed by atoms with Gasteiger partial charge < -0.3 is 5.32 Å². The average molecular weight is 438 g/mol. The van der Waals surface area contributed by atoms with E-state index >= 15 is 0 Å². The zero-order valence-corrected chi connectivity index (χ0v) is 19.4. The number of amides is 1. The van der Waals surface area contributed by atoms with Gasteiger partial charge in [-0.25, -0.2) is 13.4 Å². The molecule has 4 atom stereocenters. The number of thiazole rings is 1. The summed E-state index contributed by atoms with van der Waals surface area (Å²) in [6.45, 7) is 9.98. The lowest BCUT2D eigenvalue weighted by atomic mass is 9.78. The van der Waals surface area contributed by atoms with Gasteiger partial charge in [-0.3, -0.25) is 4.79 Å². The zero-order valence-electron chi connectivity index (χ0n) is 17.7. The first kappa shape index (κ1) is 22.2. The maximum Gasteiger partial charge on any atom is 0.241 e. The molecule has 6 nitrogen and oxygen atoms in total. The average Bonchev–Trinajstić information content (AvgIpc) is 3.02. The Morgan fingerprint density at radius 3 is 2.66 bits per heavy atom. The standard InChI is InChI=1S/C21H31N3O3S2/c1-12(2)20(21(25)23-17-8-6-7-13(3)14(17)4)24-29(26,27)16-9-10-18-19(11-16)28-15(5)22-18/h9-14,17,20,24H,6-8H2,1-5H3,(H,23,25). The third-order valence-electron chi connectivity index (χ3n) is 6.04. The van der Waals surface area contributed by atoms with Crippen molar-refractivity contribution >= 4 is 37.5 Å². The van der Waals surface area contributed by atoms with Crippen molar-refractivity contribution in [2.24, 2.45) is 17.8 Å². The number of fused-ring (bicyclic) bond motifs is 1. The van der Waals surface area contributed by atoms with E-state index in [2.05, 4.69) is 28.9 Å². The molecule has 1 fully saturated rings. The Kier molecular flexibility index (Phi) is 6.65. The quantitative estimate of drug-likeness (QED) is 0.718. The monoisotopic (exact) mass is 437 g/mol. The fraction of sp³-hybridized carbons (Fsp3) is 0.619. The van der Waals surface area contributed by atoms with Gasteiger partial charge >= 0.3 is 0 Å². The summed E-state index contributed by atoms with van der Waals surface area (Å²) in [5.74, 6) is 0.520. The minimum absolute atomic E-state index is 0.0912. The Morgan fingerprint density at radius 1 is 1.24 bits per heavy atom. The van der Waals surface area contributed by atoms with Crippen molar-refractivity contribution < 1.29 is 13.2 Å². The van der Waals surface area contributed by atoms with E-state index in [0.717, 1.165) is 28.1 Å². The number of hydrogen-bond acceptors (Lipinski definition) is 5. The predicted molar refractivity (Wildman–Crippen MR) is 117 cm³/mol. The van der Waals surface area contributed by atoms with Crippen molar-refractivity contribution in [3.05, 3.63) is 23.2 Å². The van der Waals surface area contributed by atoms with Crippen LogP contribution in [-0.2, 0) is 14.8 Å². The van der Waals surface area contributed by atoms with Gasteiger partial charge in [0.1, 0.15) is 6.04 Å². The number of sulfonamides is 1. The molecular formula is C21H31N3O3S2. The molecule has 0 radical (unpaired) electrons. The van der Waals surface area contributed by atoms with Crippen LogP contribution in [0.5, 0.6) is 0 Å². The minimum atomic E-state index is -3.83. The van der Waals surface area contributed by atoms with Gasteiger partial charge in [-0.1, -0.05) is 40.5 Å². The number of carbonyl (C=O) groups excluding carboxylic acids is 1. The third-order valence-corrected chi connectivity index (χ3v) is 8.42. The van der Waals surface area contributed by atoms with Crippen LogP contribution in [0.2, 0.25) is 0 Å². The molecule has 1 aromatic heterocycles. The summed E-state index contributed by atoms with van der Waals surface area (Å²) in [5, 5.41) is 4.00. The van der Waals surface area contributed by atoms with E-state index in [1.807, 2.05) is 20.8 Å². The molecule has 8 heteroatoms. The van der Waals surface area contributed by atoms with E-state index < -0.39 is 16.1 Å². The Morgan fingerprint density at radius 2 is 1.97 bits per heavy atom. The summed E-state index contributed by atoms with van der Waals surface area (Å²) in [6.07, 6.45) is 3.20. The van der Waals surface area contributed by atoms with Crippen molar-refractivity contribution in [3.63, 3.8) is 0 Å². The van der Waals surface area contributed by atoms with Gasteiger partial charge in [0.2, 0.25) is 15.9 Å². The molecule has 0 bridgehead atoms. The number of hydrogen-bond donors (Lipinski definition) is 2. The van der Waals surface area contributed by atoms with Crippen LogP contribution in [0.25, 0.3) is 10.2 Å². The third kappa shape index (κ3) is 4.98. The van der Waals surface area contributed by atoms with E-state index in [-0.39, 0.29) is 22.8 Å². The molecule has 1 saturated carbocycles. The topological polar surface area (TPSA) is 88.2 Å². The van der Waals surface area contributed by atoms with Gasteiger partial charge in [0, 0.05) is 6.04 Å². The van der Waals surface area contributed by atoms with Crippen LogP contribution >= 0.6 is 11.3 Å². The lowest BCUT2D eigenvalue weighted by Crippen LogP contribution is -2.54.